The molecule has 9 heteroatoms. The van der Waals surface area contributed by atoms with E-state index >= 15 is 0 Å². The van der Waals surface area contributed by atoms with Gasteiger partial charge in [0.05, 0.1) is 16.5 Å². The Kier molecular flexibility index (Phi) is 4.90. The van der Waals surface area contributed by atoms with E-state index in [2.05, 4.69) is 4.72 Å². The second kappa shape index (κ2) is 6.04. The van der Waals surface area contributed by atoms with Gasteiger partial charge in [-0.3, -0.25) is 0 Å². The number of benzene rings is 1. The van der Waals surface area contributed by atoms with Crippen LogP contribution in [0, 0.1) is 12.8 Å². The predicted molar refractivity (Wildman–Crippen MR) is 83.1 cm³/mol. The van der Waals surface area contributed by atoms with Crippen molar-refractivity contribution in [2.45, 2.75) is 18.2 Å². The zero-order chi connectivity index (χ0) is 15.8. The van der Waals surface area contributed by atoms with Crippen LogP contribution in [0.25, 0.3) is 0 Å². The van der Waals surface area contributed by atoms with E-state index in [1.165, 1.54) is 12.1 Å². The summed E-state index contributed by atoms with van der Waals surface area (Å²) < 4.78 is 49.6. The van der Waals surface area contributed by atoms with Crippen LogP contribution in [-0.4, -0.2) is 34.9 Å². The molecule has 1 aliphatic heterocycles. The molecule has 0 bridgehead atoms. The molecular formula is C12H15Cl2NO4S2. The summed E-state index contributed by atoms with van der Waals surface area (Å²) in [5.41, 5.74) is 0.602. The average Bonchev–Trinajstić information content (AvgIpc) is 2.71. The van der Waals surface area contributed by atoms with Crippen molar-refractivity contribution in [2.75, 3.05) is 18.1 Å². The summed E-state index contributed by atoms with van der Waals surface area (Å²) in [4.78, 5) is -0.0491. The third-order valence-corrected chi connectivity index (χ3v) is 7.52. The van der Waals surface area contributed by atoms with E-state index in [1.54, 1.807) is 6.92 Å². The highest BCUT2D eigenvalue weighted by atomic mass is 35.5. The van der Waals surface area contributed by atoms with Gasteiger partial charge in [0.2, 0.25) is 10.0 Å². The largest absolute Gasteiger partial charge is 0.242 e. The van der Waals surface area contributed by atoms with Crippen LogP contribution in [0.3, 0.4) is 0 Å². The van der Waals surface area contributed by atoms with E-state index < -0.39 is 19.9 Å². The van der Waals surface area contributed by atoms with E-state index in [9.17, 15) is 16.8 Å². The molecule has 1 aromatic rings. The molecular weight excluding hydrogens is 357 g/mol. The summed E-state index contributed by atoms with van der Waals surface area (Å²) in [6.07, 6.45) is 0.470. The van der Waals surface area contributed by atoms with Crippen LogP contribution in [0.15, 0.2) is 17.0 Å². The van der Waals surface area contributed by atoms with E-state index in [0.717, 1.165) is 0 Å². The molecule has 0 aliphatic carbocycles. The average molecular weight is 372 g/mol. The highest BCUT2D eigenvalue weighted by molar-refractivity contribution is 7.91. The Balaban J connectivity index is 2.14. The maximum absolute atomic E-state index is 12.2. The Morgan fingerprint density at radius 3 is 2.52 bits per heavy atom. The van der Waals surface area contributed by atoms with Gasteiger partial charge in [0, 0.05) is 11.6 Å². The number of hydrogen-bond donors (Lipinski definition) is 1. The minimum atomic E-state index is -3.79. The number of halogens is 2. The number of hydrogen-bond acceptors (Lipinski definition) is 4. The number of nitrogens with one attached hydrogen (secondary N) is 1. The molecule has 0 spiro atoms. The molecule has 5 nitrogen and oxygen atoms in total. The van der Waals surface area contributed by atoms with Crippen LogP contribution in [0.1, 0.15) is 12.0 Å². The van der Waals surface area contributed by atoms with Crippen molar-refractivity contribution in [3.63, 3.8) is 0 Å². The van der Waals surface area contributed by atoms with Crippen LogP contribution in [-0.2, 0) is 19.9 Å². The molecule has 1 saturated heterocycles. The van der Waals surface area contributed by atoms with Crippen molar-refractivity contribution >= 4 is 43.1 Å². The lowest BCUT2D eigenvalue weighted by atomic mass is 10.1. The summed E-state index contributed by atoms with van der Waals surface area (Å²) in [5, 5.41) is 0.429. The van der Waals surface area contributed by atoms with Gasteiger partial charge in [-0.25, -0.2) is 21.6 Å². The molecule has 0 aromatic heterocycles. The smallest absolute Gasteiger partial charge is 0.229 e. The Morgan fingerprint density at radius 1 is 1.29 bits per heavy atom. The fourth-order valence-electron chi connectivity index (χ4n) is 2.17. The quantitative estimate of drug-likeness (QED) is 0.877. The van der Waals surface area contributed by atoms with Crippen LogP contribution in [0.2, 0.25) is 10.0 Å². The van der Waals surface area contributed by atoms with Gasteiger partial charge in [-0.05, 0) is 37.0 Å². The van der Waals surface area contributed by atoms with Gasteiger partial charge in [0.1, 0.15) is 4.90 Å². The summed E-state index contributed by atoms with van der Waals surface area (Å²) in [5.74, 6) is -0.0692. The van der Waals surface area contributed by atoms with E-state index in [4.69, 9.17) is 23.2 Å². The van der Waals surface area contributed by atoms with Gasteiger partial charge in [-0.15, -0.1) is 0 Å². The lowest BCUT2D eigenvalue weighted by Gasteiger charge is -2.12. The molecule has 1 aliphatic rings. The first kappa shape index (κ1) is 17.0. The normalized spacial score (nSPS) is 21.6. The number of aryl methyl sites for hydroxylation is 1. The maximum Gasteiger partial charge on any atom is 0.242 e. The third-order valence-electron chi connectivity index (χ3n) is 3.39. The van der Waals surface area contributed by atoms with Crippen molar-refractivity contribution < 1.29 is 16.8 Å². The fourth-order valence-corrected chi connectivity index (χ4v) is 5.98. The summed E-state index contributed by atoms with van der Waals surface area (Å²) >= 11 is 11.8. The molecule has 1 heterocycles. The first-order valence-corrected chi connectivity index (χ1v) is 10.3. The van der Waals surface area contributed by atoms with Crippen LogP contribution in [0.5, 0.6) is 0 Å². The second-order valence-electron chi connectivity index (χ2n) is 5.15. The van der Waals surface area contributed by atoms with Gasteiger partial charge in [0.15, 0.2) is 9.84 Å². The van der Waals surface area contributed by atoms with Gasteiger partial charge in [0.25, 0.3) is 0 Å². The van der Waals surface area contributed by atoms with Crippen molar-refractivity contribution in [2.24, 2.45) is 5.92 Å². The summed E-state index contributed by atoms with van der Waals surface area (Å²) in [6, 6.07) is 2.78. The molecule has 0 amide bonds. The minimum absolute atomic E-state index is 0.0168. The number of rotatable bonds is 4. The molecule has 21 heavy (non-hydrogen) atoms. The van der Waals surface area contributed by atoms with E-state index in [1.807, 2.05) is 0 Å². The molecule has 2 rings (SSSR count). The predicted octanol–water partition coefficient (Wildman–Crippen LogP) is 2.01. The lowest BCUT2D eigenvalue weighted by Crippen LogP contribution is -2.30. The van der Waals surface area contributed by atoms with Crippen molar-refractivity contribution in [3.8, 4) is 0 Å². The van der Waals surface area contributed by atoms with Gasteiger partial charge >= 0.3 is 0 Å². The maximum atomic E-state index is 12.2. The molecule has 1 aromatic carbocycles. The zero-order valence-electron chi connectivity index (χ0n) is 11.3. The summed E-state index contributed by atoms with van der Waals surface area (Å²) in [6.45, 7) is 1.76. The van der Waals surface area contributed by atoms with Crippen molar-refractivity contribution in [3.05, 3.63) is 27.7 Å². The topological polar surface area (TPSA) is 80.3 Å². The lowest BCUT2D eigenvalue weighted by molar-refractivity contribution is 0.543. The van der Waals surface area contributed by atoms with Gasteiger partial charge in [-0.1, -0.05) is 23.2 Å². The number of sulfonamides is 1. The van der Waals surface area contributed by atoms with Gasteiger partial charge < -0.3 is 0 Å². The summed E-state index contributed by atoms with van der Waals surface area (Å²) in [7, 11) is -6.82. The van der Waals surface area contributed by atoms with Crippen molar-refractivity contribution in [1.82, 2.24) is 4.72 Å². The molecule has 118 valence electrons. The molecule has 1 atom stereocenters. The highest BCUT2D eigenvalue weighted by Crippen LogP contribution is 2.28. The third kappa shape index (κ3) is 4.10. The van der Waals surface area contributed by atoms with Gasteiger partial charge in [-0.2, -0.15) is 0 Å². The van der Waals surface area contributed by atoms with E-state index in [-0.39, 0.29) is 33.9 Å². The molecule has 0 saturated carbocycles. The molecule has 0 radical (unpaired) electrons. The van der Waals surface area contributed by atoms with E-state index in [0.29, 0.717) is 17.0 Å². The monoisotopic (exact) mass is 371 g/mol. The second-order valence-corrected chi connectivity index (χ2v) is 9.93. The Labute approximate surface area is 134 Å². The molecule has 1 N–H and O–H groups in total. The first-order valence-electron chi connectivity index (χ1n) is 6.26. The Morgan fingerprint density at radius 2 is 1.95 bits per heavy atom. The SMILES string of the molecule is Cc1cc(S(=O)(=O)NC[C@@H]2CCS(=O)(=O)C2)c(Cl)cc1Cl. The Bertz CT molecular complexity index is 760. The Hall–Kier alpha value is -0.340. The van der Waals surface area contributed by atoms with Crippen LogP contribution >= 0.6 is 23.2 Å². The zero-order valence-corrected chi connectivity index (χ0v) is 14.4. The fraction of sp³-hybridized carbons (Fsp3) is 0.500. The number of sulfone groups is 1. The molecule has 1 fully saturated rings. The first-order chi connectivity index (χ1) is 9.61. The molecule has 0 unspecified atom stereocenters. The minimum Gasteiger partial charge on any atom is -0.229 e. The van der Waals surface area contributed by atoms with Crippen molar-refractivity contribution in [1.29, 1.82) is 0 Å². The standard InChI is InChI=1S/C12H15Cl2NO4S2/c1-8-4-12(11(14)5-10(8)13)21(18,19)15-6-9-2-3-20(16,17)7-9/h4-5,9,15H,2-3,6-7H2,1H3/t9-/m0/s1. The highest BCUT2D eigenvalue weighted by Gasteiger charge is 2.29. The van der Waals surface area contributed by atoms with Crippen LogP contribution < -0.4 is 4.72 Å². The van der Waals surface area contributed by atoms with Crippen LogP contribution in [0.4, 0.5) is 0 Å².